The molecule has 4 nitrogen and oxygen atoms in total. The number of rotatable bonds is 7. The molecule has 1 atom stereocenters. The second-order valence-corrected chi connectivity index (χ2v) is 6.06. The molecule has 0 aromatic heterocycles. The van der Waals surface area contributed by atoms with E-state index in [4.69, 9.17) is 15.2 Å². The van der Waals surface area contributed by atoms with Gasteiger partial charge in [0.1, 0.15) is 0 Å². The molecule has 2 N–H and O–H groups in total. The lowest BCUT2D eigenvalue weighted by molar-refractivity contribution is 0.247. The highest BCUT2D eigenvalue weighted by Crippen LogP contribution is 2.34. The van der Waals surface area contributed by atoms with E-state index in [2.05, 4.69) is 18.7 Å². The van der Waals surface area contributed by atoms with E-state index in [0.717, 1.165) is 30.0 Å². The summed E-state index contributed by atoms with van der Waals surface area (Å²) in [5.41, 5.74) is 7.39. The van der Waals surface area contributed by atoms with Crippen LogP contribution in [0.3, 0.4) is 0 Å². The normalized spacial score (nSPS) is 14.4. The third-order valence-electron chi connectivity index (χ3n) is 3.33. The maximum Gasteiger partial charge on any atom is 0.161 e. The molecule has 0 saturated heterocycles. The first-order chi connectivity index (χ1) is 9.32. The van der Waals surface area contributed by atoms with Crippen LogP contribution in [0.1, 0.15) is 25.8 Å². The predicted octanol–water partition coefficient (Wildman–Crippen LogP) is 2.47. The van der Waals surface area contributed by atoms with Gasteiger partial charge in [-0.2, -0.15) is 0 Å². The number of hydrogen-bond donors (Lipinski definition) is 1. The minimum absolute atomic E-state index is 0.392. The van der Waals surface area contributed by atoms with Gasteiger partial charge < -0.3 is 20.1 Å². The van der Waals surface area contributed by atoms with Gasteiger partial charge in [-0.25, -0.2) is 0 Å². The summed E-state index contributed by atoms with van der Waals surface area (Å²) in [7, 11) is 7.38. The Hall–Kier alpha value is -1.26. The molecule has 1 rings (SSSR count). The number of methoxy groups -OCH3 is 2. The van der Waals surface area contributed by atoms with Gasteiger partial charge >= 0.3 is 0 Å². The fraction of sp³-hybridized carbons (Fsp3) is 0.625. The van der Waals surface area contributed by atoms with Gasteiger partial charge in [-0.1, -0.05) is 19.9 Å². The van der Waals surface area contributed by atoms with Gasteiger partial charge in [0.15, 0.2) is 11.5 Å². The number of nitrogens with zero attached hydrogens (tertiary/aromatic N) is 1. The van der Waals surface area contributed by atoms with Gasteiger partial charge in [0.05, 0.1) is 19.8 Å². The van der Waals surface area contributed by atoms with Crippen LogP contribution in [-0.4, -0.2) is 39.8 Å². The van der Waals surface area contributed by atoms with Gasteiger partial charge in [0.25, 0.3) is 0 Å². The summed E-state index contributed by atoms with van der Waals surface area (Å²) < 4.78 is 10.7. The van der Waals surface area contributed by atoms with Crippen molar-refractivity contribution >= 4 is 0 Å². The number of ether oxygens (including phenoxy) is 2. The molecule has 0 aliphatic heterocycles. The smallest absolute Gasteiger partial charge is 0.161 e. The Morgan fingerprint density at radius 3 is 2.20 bits per heavy atom. The minimum atomic E-state index is -0.392. The van der Waals surface area contributed by atoms with Gasteiger partial charge in [0, 0.05) is 6.54 Å². The second kappa shape index (κ2) is 6.95. The van der Waals surface area contributed by atoms with E-state index < -0.39 is 5.54 Å². The Bertz CT molecular complexity index is 420. The fourth-order valence-corrected chi connectivity index (χ4v) is 2.71. The van der Waals surface area contributed by atoms with Crippen molar-refractivity contribution in [2.45, 2.75) is 25.8 Å². The summed E-state index contributed by atoms with van der Waals surface area (Å²) in [6, 6.07) is 5.95. The van der Waals surface area contributed by atoms with Crippen molar-refractivity contribution in [2.24, 2.45) is 11.7 Å². The van der Waals surface area contributed by atoms with Crippen molar-refractivity contribution in [2.75, 3.05) is 34.9 Å². The lowest BCUT2D eigenvalue weighted by Gasteiger charge is -2.34. The molecule has 0 aliphatic carbocycles. The van der Waals surface area contributed by atoms with E-state index in [1.165, 1.54) is 0 Å². The zero-order chi connectivity index (χ0) is 15.3. The largest absolute Gasteiger partial charge is 0.493 e. The highest BCUT2D eigenvalue weighted by Gasteiger charge is 2.30. The minimum Gasteiger partial charge on any atom is -0.493 e. The molecule has 114 valence electrons. The third kappa shape index (κ3) is 4.12. The third-order valence-corrected chi connectivity index (χ3v) is 3.33. The Morgan fingerprint density at radius 1 is 1.15 bits per heavy atom. The monoisotopic (exact) mass is 280 g/mol. The average molecular weight is 280 g/mol. The quantitative estimate of drug-likeness (QED) is 0.833. The van der Waals surface area contributed by atoms with Gasteiger partial charge in [-0.15, -0.1) is 0 Å². The summed E-state index contributed by atoms with van der Waals surface area (Å²) in [5, 5.41) is 0. The molecule has 0 fully saturated rings. The lowest BCUT2D eigenvalue weighted by atomic mass is 9.82. The molecule has 20 heavy (non-hydrogen) atoms. The first-order valence-electron chi connectivity index (χ1n) is 6.98. The average Bonchev–Trinajstić information content (AvgIpc) is 2.35. The predicted molar refractivity (Wildman–Crippen MR) is 83.4 cm³/mol. The van der Waals surface area contributed by atoms with Crippen molar-refractivity contribution in [3.05, 3.63) is 23.8 Å². The maximum atomic E-state index is 6.70. The van der Waals surface area contributed by atoms with Crippen molar-refractivity contribution in [3.8, 4) is 11.5 Å². The van der Waals surface area contributed by atoms with Crippen LogP contribution in [-0.2, 0) is 5.54 Å². The second-order valence-electron chi connectivity index (χ2n) is 6.06. The highest BCUT2D eigenvalue weighted by molar-refractivity contribution is 5.45. The van der Waals surface area contributed by atoms with Crippen LogP contribution in [0.15, 0.2) is 18.2 Å². The Kier molecular flexibility index (Phi) is 5.84. The van der Waals surface area contributed by atoms with E-state index in [-0.39, 0.29) is 0 Å². The SMILES string of the molecule is COc1ccc(C(N)(CC(C)C)CN(C)C)cc1OC. The van der Waals surface area contributed by atoms with Crippen LogP contribution >= 0.6 is 0 Å². The Balaban J connectivity index is 3.19. The van der Waals surface area contributed by atoms with Crippen molar-refractivity contribution in [1.82, 2.24) is 4.90 Å². The topological polar surface area (TPSA) is 47.7 Å². The Labute approximate surface area is 122 Å². The van der Waals surface area contributed by atoms with E-state index in [9.17, 15) is 0 Å². The highest BCUT2D eigenvalue weighted by atomic mass is 16.5. The number of likely N-dealkylation sites (N-methyl/N-ethyl adjacent to an activating group) is 1. The summed E-state index contributed by atoms with van der Waals surface area (Å²) >= 11 is 0. The summed E-state index contributed by atoms with van der Waals surface area (Å²) in [6.07, 6.45) is 0.917. The van der Waals surface area contributed by atoms with Gasteiger partial charge in [0.2, 0.25) is 0 Å². The molecule has 0 spiro atoms. The molecule has 0 heterocycles. The van der Waals surface area contributed by atoms with Crippen LogP contribution < -0.4 is 15.2 Å². The zero-order valence-corrected chi connectivity index (χ0v) is 13.6. The zero-order valence-electron chi connectivity index (χ0n) is 13.6. The van der Waals surface area contributed by atoms with E-state index >= 15 is 0 Å². The number of nitrogens with two attached hydrogens (primary N) is 1. The van der Waals surface area contributed by atoms with Crippen LogP contribution in [0.2, 0.25) is 0 Å². The first kappa shape index (κ1) is 16.8. The Morgan fingerprint density at radius 2 is 1.75 bits per heavy atom. The molecule has 1 aromatic rings. The molecular weight excluding hydrogens is 252 g/mol. The molecule has 0 amide bonds. The van der Waals surface area contributed by atoms with Crippen LogP contribution in [0, 0.1) is 5.92 Å². The molecule has 0 aliphatic rings. The van der Waals surface area contributed by atoms with Crippen LogP contribution in [0.5, 0.6) is 11.5 Å². The molecule has 0 saturated carbocycles. The van der Waals surface area contributed by atoms with E-state index in [1.807, 2.05) is 32.3 Å². The maximum absolute atomic E-state index is 6.70. The summed E-state index contributed by atoms with van der Waals surface area (Å²) in [6.45, 7) is 5.18. The molecule has 1 unspecified atom stereocenters. The molecule has 1 aromatic carbocycles. The summed E-state index contributed by atoms with van der Waals surface area (Å²) in [5.74, 6) is 1.98. The lowest BCUT2D eigenvalue weighted by Crippen LogP contribution is -2.46. The van der Waals surface area contributed by atoms with Crippen LogP contribution in [0.25, 0.3) is 0 Å². The molecule has 0 radical (unpaired) electrons. The van der Waals surface area contributed by atoms with Crippen molar-refractivity contribution in [1.29, 1.82) is 0 Å². The van der Waals surface area contributed by atoms with Gasteiger partial charge in [-0.3, -0.25) is 0 Å². The van der Waals surface area contributed by atoms with Crippen molar-refractivity contribution in [3.63, 3.8) is 0 Å². The fourth-order valence-electron chi connectivity index (χ4n) is 2.71. The standard InChI is InChI=1S/C16H28N2O2/c1-12(2)10-16(17,11-18(3)4)13-7-8-14(19-5)15(9-13)20-6/h7-9,12H,10-11,17H2,1-6H3. The van der Waals surface area contributed by atoms with E-state index in [0.29, 0.717) is 5.92 Å². The van der Waals surface area contributed by atoms with E-state index in [1.54, 1.807) is 14.2 Å². The first-order valence-corrected chi connectivity index (χ1v) is 6.98. The number of benzene rings is 1. The molecular formula is C16H28N2O2. The molecule has 4 heteroatoms. The van der Waals surface area contributed by atoms with Gasteiger partial charge in [-0.05, 0) is 44.1 Å². The number of hydrogen-bond acceptors (Lipinski definition) is 4. The van der Waals surface area contributed by atoms with Crippen molar-refractivity contribution < 1.29 is 9.47 Å². The van der Waals surface area contributed by atoms with Crippen LogP contribution in [0.4, 0.5) is 0 Å². The summed E-state index contributed by atoms with van der Waals surface area (Å²) in [4.78, 5) is 2.12. The molecule has 0 bridgehead atoms.